The van der Waals surface area contributed by atoms with Gasteiger partial charge in [-0.2, -0.15) is 5.10 Å². The van der Waals surface area contributed by atoms with Gasteiger partial charge in [0, 0.05) is 45.1 Å². The molecule has 1 aromatic heterocycles. The van der Waals surface area contributed by atoms with Crippen molar-refractivity contribution < 1.29 is 13.2 Å². The van der Waals surface area contributed by atoms with Gasteiger partial charge in [-0.25, -0.2) is 12.7 Å². The van der Waals surface area contributed by atoms with Crippen molar-refractivity contribution in [1.82, 2.24) is 19.4 Å². The van der Waals surface area contributed by atoms with Gasteiger partial charge >= 0.3 is 0 Å². The molecule has 0 bridgehead atoms. The maximum absolute atomic E-state index is 12.5. The Morgan fingerprint density at radius 3 is 2.58 bits per heavy atom. The number of aryl methyl sites for hydroxylation is 1. The van der Waals surface area contributed by atoms with Crippen LogP contribution >= 0.6 is 0 Å². The Kier molecular flexibility index (Phi) is 6.20. The summed E-state index contributed by atoms with van der Waals surface area (Å²) < 4.78 is 28.0. The van der Waals surface area contributed by atoms with E-state index in [2.05, 4.69) is 10.4 Å². The number of carbonyl (C=O) groups excluding carboxylic acids is 1. The van der Waals surface area contributed by atoms with Crippen LogP contribution in [0.4, 0.5) is 0 Å². The highest BCUT2D eigenvalue weighted by atomic mass is 32.2. The number of amides is 1. The van der Waals surface area contributed by atoms with Crippen molar-refractivity contribution in [2.45, 2.75) is 32.2 Å². The first-order chi connectivity index (χ1) is 12.1. The molecule has 0 fully saturated rings. The third kappa shape index (κ3) is 4.50. The van der Waals surface area contributed by atoms with Gasteiger partial charge in [-0.1, -0.05) is 6.92 Å². The zero-order valence-corrected chi connectivity index (χ0v) is 16.7. The van der Waals surface area contributed by atoms with E-state index >= 15 is 0 Å². The van der Waals surface area contributed by atoms with Crippen molar-refractivity contribution in [2.24, 2.45) is 5.92 Å². The topological polar surface area (TPSA) is 84.3 Å². The van der Waals surface area contributed by atoms with Gasteiger partial charge in [0.2, 0.25) is 10.0 Å². The van der Waals surface area contributed by atoms with Crippen molar-refractivity contribution in [3.8, 4) is 0 Å². The van der Waals surface area contributed by atoms with Gasteiger partial charge in [0.1, 0.15) is 0 Å². The highest BCUT2D eigenvalue weighted by Crippen LogP contribution is 2.23. The van der Waals surface area contributed by atoms with E-state index in [0.29, 0.717) is 24.2 Å². The fourth-order valence-corrected chi connectivity index (χ4v) is 3.80. The fourth-order valence-electron chi connectivity index (χ4n) is 2.58. The summed E-state index contributed by atoms with van der Waals surface area (Å²) in [5.74, 6) is -0.0917. The highest BCUT2D eigenvalue weighted by Gasteiger charge is 2.23. The number of benzene rings is 1. The van der Waals surface area contributed by atoms with Gasteiger partial charge < -0.3 is 5.32 Å². The largest absolute Gasteiger partial charge is 0.352 e. The molecule has 1 aromatic carbocycles. The lowest BCUT2D eigenvalue weighted by Gasteiger charge is -2.17. The number of sulfonamides is 1. The summed E-state index contributed by atoms with van der Waals surface area (Å²) in [7, 11) is -0.650. The van der Waals surface area contributed by atoms with Gasteiger partial charge in [-0.3, -0.25) is 9.48 Å². The van der Waals surface area contributed by atoms with Crippen molar-refractivity contribution in [3.63, 3.8) is 0 Å². The second-order valence-corrected chi connectivity index (χ2v) is 8.87. The Morgan fingerprint density at radius 1 is 1.31 bits per heavy atom. The zero-order chi connectivity index (χ0) is 19.5. The molecular weight excluding hydrogens is 352 g/mol. The number of hydrogen-bond acceptors (Lipinski definition) is 4. The first kappa shape index (κ1) is 20.1. The quantitative estimate of drug-likeness (QED) is 0.796. The Balaban J connectivity index is 2.15. The Bertz CT molecular complexity index is 874. The van der Waals surface area contributed by atoms with E-state index in [9.17, 15) is 13.2 Å². The first-order valence-corrected chi connectivity index (χ1v) is 9.86. The summed E-state index contributed by atoms with van der Waals surface area (Å²) in [6, 6.07) is 5.02. The van der Waals surface area contributed by atoms with Crippen molar-refractivity contribution in [1.29, 1.82) is 0 Å². The SMILES string of the molecule is Cc1cc(C(=O)NCC(C)Cn2cccn2)cc(S(=O)(=O)N(C)C)c1C. The molecule has 1 heterocycles. The monoisotopic (exact) mass is 378 g/mol. The number of hydrogen-bond donors (Lipinski definition) is 1. The summed E-state index contributed by atoms with van der Waals surface area (Å²) in [5, 5.41) is 7.03. The number of nitrogens with one attached hydrogen (secondary N) is 1. The standard InChI is InChI=1S/C18H26N4O3S/c1-13(12-22-8-6-7-20-22)11-19-18(23)16-9-14(2)15(3)17(10-16)26(24,25)21(4)5/h6-10,13H,11-12H2,1-5H3,(H,19,23). The molecule has 0 saturated carbocycles. The van der Waals surface area contributed by atoms with E-state index in [1.807, 2.05) is 23.9 Å². The second kappa shape index (κ2) is 8.01. The molecule has 0 aliphatic heterocycles. The minimum Gasteiger partial charge on any atom is -0.352 e. The van der Waals surface area contributed by atoms with Crippen LogP contribution in [-0.2, 0) is 16.6 Å². The molecule has 142 valence electrons. The summed E-state index contributed by atoms with van der Waals surface area (Å²) in [4.78, 5) is 12.7. The molecule has 0 saturated heterocycles. The number of rotatable bonds is 7. The van der Waals surface area contributed by atoms with E-state index in [1.54, 1.807) is 26.1 Å². The highest BCUT2D eigenvalue weighted by molar-refractivity contribution is 7.89. The van der Waals surface area contributed by atoms with Gasteiger partial charge in [-0.15, -0.1) is 0 Å². The van der Waals surface area contributed by atoms with Crippen LogP contribution in [0.15, 0.2) is 35.5 Å². The first-order valence-electron chi connectivity index (χ1n) is 8.42. The van der Waals surface area contributed by atoms with E-state index in [0.717, 1.165) is 9.87 Å². The lowest BCUT2D eigenvalue weighted by atomic mass is 10.1. The van der Waals surface area contributed by atoms with E-state index in [1.165, 1.54) is 20.2 Å². The predicted octanol–water partition coefficient (Wildman–Crippen LogP) is 1.82. The maximum atomic E-state index is 12.5. The molecule has 26 heavy (non-hydrogen) atoms. The molecule has 1 amide bonds. The van der Waals surface area contributed by atoms with Gasteiger partial charge in [0.25, 0.3) is 5.91 Å². The van der Waals surface area contributed by atoms with Crippen LogP contribution in [-0.4, -0.2) is 49.1 Å². The van der Waals surface area contributed by atoms with E-state index < -0.39 is 10.0 Å². The van der Waals surface area contributed by atoms with Gasteiger partial charge in [0.05, 0.1) is 4.90 Å². The summed E-state index contributed by atoms with van der Waals surface area (Å²) >= 11 is 0. The summed E-state index contributed by atoms with van der Waals surface area (Å²) in [6.07, 6.45) is 3.59. The Morgan fingerprint density at radius 2 is 2.00 bits per heavy atom. The Labute approximate surface area is 155 Å². The van der Waals surface area contributed by atoms with Crippen LogP contribution in [0.2, 0.25) is 0 Å². The fraction of sp³-hybridized carbons (Fsp3) is 0.444. The lowest BCUT2D eigenvalue weighted by Crippen LogP contribution is -2.30. The Hall–Kier alpha value is -2.19. The smallest absolute Gasteiger partial charge is 0.251 e. The minimum absolute atomic E-state index is 0.164. The molecule has 1 N–H and O–H groups in total. The zero-order valence-electron chi connectivity index (χ0n) is 15.9. The average Bonchev–Trinajstić information content (AvgIpc) is 3.07. The molecule has 2 aromatic rings. The average molecular weight is 378 g/mol. The van der Waals surface area contributed by atoms with Crippen LogP contribution in [0.5, 0.6) is 0 Å². The van der Waals surface area contributed by atoms with Gasteiger partial charge in [-0.05, 0) is 49.1 Å². The van der Waals surface area contributed by atoms with Crippen molar-refractivity contribution in [3.05, 3.63) is 47.3 Å². The van der Waals surface area contributed by atoms with Crippen LogP contribution < -0.4 is 5.32 Å². The van der Waals surface area contributed by atoms with Crippen molar-refractivity contribution >= 4 is 15.9 Å². The second-order valence-electron chi connectivity index (χ2n) is 6.75. The lowest BCUT2D eigenvalue weighted by molar-refractivity contribution is 0.0946. The molecule has 0 radical (unpaired) electrons. The van der Waals surface area contributed by atoms with Crippen LogP contribution in [0.3, 0.4) is 0 Å². The summed E-state index contributed by atoms with van der Waals surface area (Å²) in [5.41, 5.74) is 1.77. The number of nitrogens with zero attached hydrogens (tertiary/aromatic N) is 3. The molecule has 0 aliphatic rings. The minimum atomic E-state index is -3.61. The summed E-state index contributed by atoms with van der Waals surface area (Å²) in [6.45, 7) is 6.74. The van der Waals surface area contributed by atoms with E-state index in [-0.39, 0.29) is 16.7 Å². The van der Waals surface area contributed by atoms with Gasteiger partial charge in [0.15, 0.2) is 0 Å². The van der Waals surface area contributed by atoms with E-state index in [4.69, 9.17) is 0 Å². The van der Waals surface area contributed by atoms with Crippen molar-refractivity contribution in [2.75, 3.05) is 20.6 Å². The molecule has 0 aliphatic carbocycles. The normalized spacial score (nSPS) is 13.0. The molecule has 1 atom stereocenters. The van der Waals surface area contributed by atoms with Crippen LogP contribution in [0.25, 0.3) is 0 Å². The number of aromatic nitrogens is 2. The number of carbonyl (C=O) groups is 1. The molecular formula is C18H26N4O3S. The molecule has 2 rings (SSSR count). The third-order valence-electron chi connectivity index (χ3n) is 4.31. The van der Waals surface area contributed by atoms with Crippen LogP contribution in [0, 0.1) is 19.8 Å². The third-order valence-corrected chi connectivity index (χ3v) is 6.25. The van der Waals surface area contributed by atoms with Crippen LogP contribution in [0.1, 0.15) is 28.4 Å². The molecule has 7 nitrogen and oxygen atoms in total. The molecule has 1 unspecified atom stereocenters. The molecule has 8 heteroatoms. The maximum Gasteiger partial charge on any atom is 0.251 e. The molecule has 0 spiro atoms. The predicted molar refractivity (Wildman–Crippen MR) is 101 cm³/mol.